The summed E-state index contributed by atoms with van der Waals surface area (Å²) >= 11 is 0. The molecule has 3 unspecified atom stereocenters. The minimum absolute atomic E-state index is 0.0302. The lowest BCUT2D eigenvalue weighted by Gasteiger charge is -2.52. The van der Waals surface area contributed by atoms with Crippen molar-refractivity contribution in [2.75, 3.05) is 19.8 Å². The van der Waals surface area contributed by atoms with Gasteiger partial charge in [0.05, 0.1) is 24.9 Å². The Labute approximate surface area is 169 Å². The van der Waals surface area contributed by atoms with Crippen molar-refractivity contribution in [3.8, 4) is 0 Å². The van der Waals surface area contributed by atoms with Gasteiger partial charge in [0.2, 0.25) is 0 Å². The predicted molar refractivity (Wildman–Crippen MR) is 117 cm³/mol. The molecule has 0 radical (unpaired) electrons. The smallest absolute Gasteiger partial charge is 0.0976 e. The number of nitrogens with zero attached hydrogens (tertiary/aromatic N) is 1. The molecule has 4 heteroatoms. The van der Waals surface area contributed by atoms with E-state index in [-0.39, 0.29) is 18.5 Å². The monoisotopic (exact) mass is 393 g/mol. The zero-order chi connectivity index (χ0) is 19.4. The van der Waals surface area contributed by atoms with Crippen molar-refractivity contribution in [2.24, 2.45) is 0 Å². The highest BCUT2D eigenvalue weighted by molar-refractivity contribution is 7.17. The first-order valence-electron chi connectivity index (χ1n) is 10.00. The van der Waals surface area contributed by atoms with Crippen LogP contribution in [0.2, 0.25) is 0 Å². The molecule has 1 fully saturated rings. The van der Waals surface area contributed by atoms with Gasteiger partial charge in [-0.15, -0.1) is 9.24 Å². The number of hydrogen-bond acceptors (Lipinski definition) is 3. The van der Waals surface area contributed by atoms with E-state index in [0.29, 0.717) is 13.2 Å². The van der Waals surface area contributed by atoms with E-state index < -0.39 is 5.54 Å². The Bertz CT molecular complexity index is 795. The molecule has 0 saturated carbocycles. The van der Waals surface area contributed by atoms with Gasteiger partial charge in [0.25, 0.3) is 0 Å². The molecule has 3 atom stereocenters. The van der Waals surface area contributed by atoms with Crippen LogP contribution in [-0.4, -0.2) is 41.7 Å². The average molecular weight is 393 g/mol. The van der Waals surface area contributed by atoms with Gasteiger partial charge in [-0.05, 0) is 29.5 Å². The van der Waals surface area contributed by atoms with Gasteiger partial charge in [0.15, 0.2) is 0 Å². The molecule has 0 spiro atoms. The number of morpholine rings is 1. The molecule has 4 rings (SSSR count). The van der Waals surface area contributed by atoms with E-state index in [0.717, 1.165) is 12.8 Å². The molecule has 1 N–H and O–H groups in total. The van der Waals surface area contributed by atoms with Crippen LogP contribution in [0.5, 0.6) is 0 Å². The second-order valence-electron chi connectivity index (χ2n) is 7.44. The molecule has 1 saturated heterocycles. The summed E-state index contributed by atoms with van der Waals surface area (Å²) < 4.78 is 5.87. The van der Waals surface area contributed by atoms with Gasteiger partial charge in [0.1, 0.15) is 0 Å². The van der Waals surface area contributed by atoms with Crippen LogP contribution >= 0.6 is 9.24 Å². The van der Waals surface area contributed by atoms with Gasteiger partial charge in [-0.25, -0.2) is 0 Å². The van der Waals surface area contributed by atoms with Gasteiger partial charge in [-0.3, -0.25) is 4.90 Å². The van der Waals surface area contributed by atoms with E-state index in [1.54, 1.807) is 0 Å². The minimum Gasteiger partial charge on any atom is -0.394 e. The van der Waals surface area contributed by atoms with E-state index in [2.05, 4.69) is 93.0 Å². The summed E-state index contributed by atoms with van der Waals surface area (Å²) in [6.45, 7) is 1.27. The fourth-order valence-electron chi connectivity index (χ4n) is 4.47. The fraction of sp³-hybridized carbons (Fsp3) is 0.333. The van der Waals surface area contributed by atoms with E-state index in [1.165, 1.54) is 16.7 Å². The second-order valence-corrected chi connectivity index (χ2v) is 8.21. The number of aliphatic hydroxyl groups is 1. The van der Waals surface area contributed by atoms with Crippen molar-refractivity contribution in [1.82, 2.24) is 4.90 Å². The number of rotatable bonds is 5. The third-order valence-electron chi connectivity index (χ3n) is 5.73. The Balaban J connectivity index is 1.98. The lowest BCUT2D eigenvalue weighted by atomic mass is 9.73. The maximum atomic E-state index is 9.83. The van der Waals surface area contributed by atoms with Crippen molar-refractivity contribution in [2.45, 2.75) is 30.3 Å². The average Bonchev–Trinajstić information content (AvgIpc) is 2.78. The predicted octanol–water partition coefficient (Wildman–Crippen LogP) is 4.10. The number of ether oxygens (including phenoxy) is 1. The summed E-state index contributed by atoms with van der Waals surface area (Å²) in [6.07, 6.45) is 8.87. The molecule has 0 amide bonds. The van der Waals surface area contributed by atoms with E-state index in [4.69, 9.17) is 4.74 Å². The highest BCUT2D eigenvalue weighted by Crippen LogP contribution is 2.47. The standard InChI is InChI=1S/C24H28NO2P/c26-17-22-16-25(23(28)18-27-22)24(19-10-4-1-5-11-19,20-12-6-2-7-13-20)21-14-8-3-9-15-21/h1-2,4-8,10-15,22-23,26H,3,9,16-18,28H2. The van der Waals surface area contributed by atoms with Crippen LogP contribution in [0, 0.1) is 0 Å². The van der Waals surface area contributed by atoms with Crippen LogP contribution in [0.4, 0.5) is 0 Å². The number of aliphatic hydroxyl groups excluding tert-OH is 1. The van der Waals surface area contributed by atoms with Crippen molar-refractivity contribution < 1.29 is 9.84 Å². The maximum Gasteiger partial charge on any atom is 0.0976 e. The molecule has 1 heterocycles. The topological polar surface area (TPSA) is 32.7 Å². The van der Waals surface area contributed by atoms with Gasteiger partial charge in [0, 0.05) is 12.3 Å². The Hall–Kier alpha value is -1.77. The van der Waals surface area contributed by atoms with Crippen LogP contribution in [0.25, 0.3) is 0 Å². The molecule has 146 valence electrons. The van der Waals surface area contributed by atoms with Gasteiger partial charge in [-0.1, -0.05) is 78.9 Å². The molecule has 2 aliphatic rings. The molecule has 2 aromatic rings. The normalized spacial score (nSPS) is 23.4. The minimum atomic E-state index is -0.428. The highest BCUT2D eigenvalue weighted by atomic mass is 31.0. The first-order chi connectivity index (χ1) is 13.8. The second kappa shape index (κ2) is 8.71. The Kier molecular flexibility index (Phi) is 6.08. The van der Waals surface area contributed by atoms with Gasteiger partial charge >= 0.3 is 0 Å². The van der Waals surface area contributed by atoms with Crippen molar-refractivity contribution in [1.29, 1.82) is 0 Å². The van der Waals surface area contributed by atoms with Crippen LogP contribution in [0.3, 0.4) is 0 Å². The van der Waals surface area contributed by atoms with Crippen LogP contribution in [0.15, 0.2) is 84.5 Å². The third-order valence-corrected chi connectivity index (χ3v) is 6.29. The molecule has 0 aromatic heterocycles. The number of allylic oxidation sites excluding steroid dienone is 2. The van der Waals surface area contributed by atoms with Crippen molar-refractivity contribution in [3.63, 3.8) is 0 Å². The van der Waals surface area contributed by atoms with Gasteiger partial charge < -0.3 is 9.84 Å². The zero-order valence-corrected chi connectivity index (χ0v) is 17.2. The summed E-state index contributed by atoms with van der Waals surface area (Å²) in [5.74, 6) is 0.138. The maximum absolute atomic E-state index is 9.83. The summed E-state index contributed by atoms with van der Waals surface area (Å²) in [5.41, 5.74) is 3.35. The van der Waals surface area contributed by atoms with Gasteiger partial charge in [-0.2, -0.15) is 0 Å². The summed E-state index contributed by atoms with van der Waals surface area (Å²) in [5, 5.41) is 9.83. The third kappa shape index (κ3) is 3.49. The Morgan fingerprint density at radius 3 is 2.18 bits per heavy atom. The molecule has 3 nitrogen and oxygen atoms in total. The Morgan fingerprint density at radius 2 is 1.64 bits per heavy atom. The number of benzene rings is 2. The first-order valence-corrected chi connectivity index (χ1v) is 10.7. The summed E-state index contributed by atoms with van der Waals surface area (Å²) in [6, 6.07) is 21.5. The molecule has 1 aliphatic heterocycles. The molecular formula is C24H28NO2P. The molecule has 1 aliphatic carbocycles. The van der Waals surface area contributed by atoms with Crippen molar-refractivity contribution in [3.05, 3.63) is 95.6 Å². The fourth-order valence-corrected chi connectivity index (χ4v) is 4.92. The van der Waals surface area contributed by atoms with Crippen LogP contribution in [-0.2, 0) is 10.3 Å². The SMILES string of the molecule is OCC1CN(C(C2=CCCC=C2)(c2ccccc2)c2ccccc2)C(P)CO1. The first kappa shape index (κ1) is 19.5. The van der Waals surface area contributed by atoms with Crippen LogP contribution < -0.4 is 0 Å². The summed E-state index contributed by atoms with van der Waals surface area (Å²) in [7, 11) is 2.96. The lowest BCUT2D eigenvalue weighted by Crippen LogP contribution is -2.59. The van der Waals surface area contributed by atoms with E-state index in [1.807, 2.05) is 0 Å². The summed E-state index contributed by atoms with van der Waals surface area (Å²) in [4.78, 5) is 2.49. The molecule has 2 aromatic carbocycles. The molecule has 28 heavy (non-hydrogen) atoms. The largest absolute Gasteiger partial charge is 0.394 e. The highest BCUT2D eigenvalue weighted by Gasteiger charge is 2.47. The van der Waals surface area contributed by atoms with E-state index in [9.17, 15) is 5.11 Å². The Morgan fingerprint density at radius 1 is 1.00 bits per heavy atom. The van der Waals surface area contributed by atoms with E-state index >= 15 is 0 Å². The molecule has 0 bridgehead atoms. The zero-order valence-electron chi connectivity index (χ0n) is 16.1. The lowest BCUT2D eigenvalue weighted by molar-refractivity contribution is -0.0835. The quantitative estimate of drug-likeness (QED) is 0.777. The molecular weight excluding hydrogens is 365 g/mol. The van der Waals surface area contributed by atoms with Crippen molar-refractivity contribution >= 4 is 9.24 Å². The number of hydrogen-bond donors (Lipinski definition) is 1. The van der Waals surface area contributed by atoms with Crippen LogP contribution in [0.1, 0.15) is 24.0 Å².